The van der Waals surface area contributed by atoms with Gasteiger partial charge in [0.1, 0.15) is 0 Å². The van der Waals surface area contributed by atoms with Crippen molar-refractivity contribution in [1.82, 2.24) is 0 Å². The van der Waals surface area contributed by atoms with Gasteiger partial charge in [-0.3, -0.25) is 0 Å². The minimum Gasteiger partial charge on any atom is -0.211 e. The van der Waals surface area contributed by atoms with Crippen molar-refractivity contribution in [2.45, 2.75) is 47.8 Å². The zero-order valence-electron chi connectivity index (χ0n) is 9.99. The molecule has 2 nitrogen and oxygen atoms in total. The lowest BCUT2D eigenvalue weighted by Gasteiger charge is -2.37. The molecule has 2 aliphatic rings. The highest BCUT2D eigenvalue weighted by Crippen LogP contribution is 2.47. The first-order valence-electron chi connectivity index (χ1n) is 6.29. The molecule has 0 amide bonds. The van der Waals surface area contributed by atoms with Crippen molar-refractivity contribution in [3.63, 3.8) is 0 Å². The van der Waals surface area contributed by atoms with Gasteiger partial charge in [-0.2, -0.15) is 4.99 Å². The molecule has 0 atom stereocenters. The molecule has 0 aromatic heterocycles. The van der Waals surface area contributed by atoms with E-state index in [-0.39, 0.29) is 5.54 Å². The number of isocyanates is 1. The minimum absolute atomic E-state index is 0.339. The number of benzene rings is 1. The SMILES string of the molecule is O=C=NC1(c2ccc(SC3CC3)c(Cl)c2)CCC1. The molecule has 0 radical (unpaired) electrons. The van der Waals surface area contributed by atoms with Crippen LogP contribution in [-0.4, -0.2) is 11.3 Å². The summed E-state index contributed by atoms with van der Waals surface area (Å²) in [6.45, 7) is 0. The third-order valence-electron chi connectivity index (χ3n) is 3.73. The molecule has 3 rings (SSSR count). The second kappa shape index (κ2) is 4.73. The zero-order chi connectivity index (χ0) is 12.6. The van der Waals surface area contributed by atoms with Crippen molar-refractivity contribution in [1.29, 1.82) is 0 Å². The summed E-state index contributed by atoms with van der Waals surface area (Å²) in [6, 6.07) is 6.11. The predicted octanol–water partition coefficient (Wildman–Crippen LogP) is 4.31. The van der Waals surface area contributed by atoms with Gasteiger partial charge in [-0.05, 0) is 49.8 Å². The third kappa shape index (κ3) is 2.23. The normalized spacial score (nSPS) is 20.9. The number of nitrogens with zero attached hydrogens (tertiary/aromatic N) is 1. The molecule has 2 fully saturated rings. The molecule has 94 valence electrons. The van der Waals surface area contributed by atoms with Gasteiger partial charge in [0.15, 0.2) is 0 Å². The summed E-state index contributed by atoms with van der Waals surface area (Å²) < 4.78 is 0. The van der Waals surface area contributed by atoms with Gasteiger partial charge >= 0.3 is 0 Å². The quantitative estimate of drug-likeness (QED) is 0.607. The van der Waals surface area contributed by atoms with Gasteiger partial charge in [0, 0.05) is 10.1 Å². The molecule has 4 heteroatoms. The lowest BCUT2D eigenvalue weighted by atomic mass is 9.72. The van der Waals surface area contributed by atoms with Crippen LogP contribution in [0.4, 0.5) is 0 Å². The fourth-order valence-corrected chi connectivity index (χ4v) is 3.68. The van der Waals surface area contributed by atoms with Crippen LogP contribution >= 0.6 is 23.4 Å². The van der Waals surface area contributed by atoms with Crippen molar-refractivity contribution in [3.05, 3.63) is 28.8 Å². The summed E-state index contributed by atoms with van der Waals surface area (Å²) in [5.74, 6) is 0. The Bertz CT molecular complexity index is 517. The Morgan fingerprint density at radius 3 is 2.67 bits per heavy atom. The Labute approximate surface area is 116 Å². The number of halogens is 1. The van der Waals surface area contributed by atoms with Crippen molar-refractivity contribution in [2.24, 2.45) is 4.99 Å². The van der Waals surface area contributed by atoms with E-state index in [9.17, 15) is 4.79 Å². The third-order valence-corrected chi connectivity index (χ3v) is 5.57. The molecule has 2 aliphatic carbocycles. The number of aliphatic imine (C=N–C) groups is 1. The Hall–Kier alpha value is -0.760. The van der Waals surface area contributed by atoms with Gasteiger partial charge in [0.2, 0.25) is 6.08 Å². The van der Waals surface area contributed by atoms with Gasteiger partial charge in [0.25, 0.3) is 0 Å². The van der Waals surface area contributed by atoms with E-state index in [4.69, 9.17) is 11.6 Å². The fraction of sp³-hybridized carbons (Fsp3) is 0.500. The fourth-order valence-electron chi connectivity index (χ4n) is 2.32. The van der Waals surface area contributed by atoms with E-state index in [2.05, 4.69) is 17.1 Å². The van der Waals surface area contributed by atoms with Gasteiger partial charge < -0.3 is 0 Å². The summed E-state index contributed by atoms with van der Waals surface area (Å²) in [5, 5.41) is 1.54. The molecule has 0 spiro atoms. The van der Waals surface area contributed by atoms with E-state index in [1.165, 1.54) is 12.8 Å². The molecule has 1 aromatic rings. The molecule has 2 saturated carbocycles. The van der Waals surface area contributed by atoms with E-state index in [0.717, 1.165) is 40.0 Å². The molecule has 0 heterocycles. The van der Waals surface area contributed by atoms with Crippen molar-refractivity contribution in [3.8, 4) is 0 Å². The first-order valence-corrected chi connectivity index (χ1v) is 7.55. The number of hydrogen-bond acceptors (Lipinski definition) is 3. The molecule has 0 unspecified atom stereocenters. The van der Waals surface area contributed by atoms with Crippen LogP contribution in [0, 0.1) is 0 Å². The number of rotatable bonds is 4. The van der Waals surface area contributed by atoms with E-state index >= 15 is 0 Å². The molecular formula is C14H14ClNOS. The van der Waals surface area contributed by atoms with Crippen LogP contribution < -0.4 is 0 Å². The maximum atomic E-state index is 10.6. The van der Waals surface area contributed by atoms with Crippen LogP contribution in [0.5, 0.6) is 0 Å². The summed E-state index contributed by atoms with van der Waals surface area (Å²) >= 11 is 8.18. The average Bonchev–Trinajstić information content (AvgIpc) is 3.10. The van der Waals surface area contributed by atoms with Crippen LogP contribution in [0.2, 0.25) is 5.02 Å². The van der Waals surface area contributed by atoms with Crippen LogP contribution in [0.25, 0.3) is 0 Å². The highest BCUT2D eigenvalue weighted by molar-refractivity contribution is 8.00. The Kier molecular flexibility index (Phi) is 3.23. The Morgan fingerprint density at radius 2 is 2.17 bits per heavy atom. The van der Waals surface area contributed by atoms with Crippen molar-refractivity contribution >= 4 is 29.4 Å². The summed E-state index contributed by atoms with van der Waals surface area (Å²) in [5.41, 5.74) is 0.719. The highest BCUT2D eigenvalue weighted by atomic mass is 35.5. The van der Waals surface area contributed by atoms with Crippen molar-refractivity contribution in [2.75, 3.05) is 0 Å². The summed E-state index contributed by atoms with van der Waals surface area (Å²) in [6.07, 6.45) is 7.26. The van der Waals surface area contributed by atoms with Gasteiger partial charge in [-0.25, -0.2) is 4.79 Å². The predicted molar refractivity (Wildman–Crippen MR) is 74.0 cm³/mol. The van der Waals surface area contributed by atoms with Gasteiger partial charge in [0.05, 0.1) is 10.6 Å². The monoisotopic (exact) mass is 279 g/mol. The standard InChI is InChI=1S/C14H14ClNOS/c15-12-8-10(14(16-9-17)6-1-7-14)2-5-13(12)18-11-3-4-11/h2,5,8,11H,1,3-4,6-7H2. The Balaban J connectivity index is 1.88. The average molecular weight is 280 g/mol. The largest absolute Gasteiger partial charge is 0.235 e. The molecule has 1 aromatic carbocycles. The van der Waals surface area contributed by atoms with Crippen LogP contribution in [0.3, 0.4) is 0 Å². The maximum absolute atomic E-state index is 10.6. The molecule has 0 bridgehead atoms. The maximum Gasteiger partial charge on any atom is 0.235 e. The lowest BCUT2D eigenvalue weighted by Crippen LogP contribution is -2.31. The van der Waals surface area contributed by atoms with Crippen LogP contribution in [-0.2, 0) is 10.3 Å². The lowest BCUT2D eigenvalue weighted by molar-refractivity contribution is 0.256. The first-order chi connectivity index (χ1) is 8.73. The number of hydrogen-bond donors (Lipinski definition) is 0. The van der Waals surface area contributed by atoms with E-state index in [0.29, 0.717) is 0 Å². The second-order valence-corrected chi connectivity index (χ2v) is 6.80. The first kappa shape index (κ1) is 12.3. The van der Waals surface area contributed by atoms with E-state index in [1.807, 2.05) is 17.8 Å². The van der Waals surface area contributed by atoms with Gasteiger partial charge in [-0.15, -0.1) is 11.8 Å². The summed E-state index contributed by atoms with van der Waals surface area (Å²) in [7, 11) is 0. The van der Waals surface area contributed by atoms with Crippen molar-refractivity contribution < 1.29 is 4.79 Å². The number of carbonyl (C=O) groups excluding carboxylic acids is 1. The smallest absolute Gasteiger partial charge is 0.211 e. The zero-order valence-corrected chi connectivity index (χ0v) is 11.6. The van der Waals surface area contributed by atoms with Gasteiger partial charge in [-0.1, -0.05) is 17.7 Å². The van der Waals surface area contributed by atoms with E-state index < -0.39 is 0 Å². The molecule has 0 saturated heterocycles. The summed E-state index contributed by atoms with van der Waals surface area (Å²) in [4.78, 5) is 15.7. The highest BCUT2D eigenvalue weighted by Gasteiger charge is 2.39. The molecule has 0 aliphatic heterocycles. The van der Waals surface area contributed by atoms with E-state index in [1.54, 1.807) is 6.08 Å². The Morgan fingerprint density at radius 1 is 1.39 bits per heavy atom. The molecule has 0 N–H and O–H groups in total. The molecule has 18 heavy (non-hydrogen) atoms. The minimum atomic E-state index is -0.339. The molecular weight excluding hydrogens is 266 g/mol. The second-order valence-electron chi connectivity index (χ2n) is 5.05. The number of thioether (sulfide) groups is 1. The van der Waals surface area contributed by atoms with Crippen LogP contribution in [0.1, 0.15) is 37.7 Å². The van der Waals surface area contributed by atoms with Crippen LogP contribution in [0.15, 0.2) is 28.1 Å². The topological polar surface area (TPSA) is 29.4 Å².